The first-order valence-electron chi connectivity index (χ1n) is 36.6. The number of unbranched alkanes of at least 4 members (excludes halogenated alkanes) is 36. The molecule has 87 heavy (non-hydrogen) atoms. The summed E-state index contributed by atoms with van der Waals surface area (Å²) in [5.41, 5.74) is -0.395. The van der Waals surface area contributed by atoms with E-state index in [9.17, 15) is 14.4 Å². The first-order chi connectivity index (χ1) is 42.9. The Labute approximate surface area is 534 Å². The molecule has 0 saturated carbocycles. The number of carbonyl (C=O) groups is 3. The van der Waals surface area contributed by atoms with Gasteiger partial charge in [0.25, 0.3) is 0 Å². The van der Waals surface area contributed by atoms with Crippen LogP contribution in [-0.4, -0.2) is 157 Å². The third-order valence-electron chi connectivity index (χ3n) is 16.1. The van der Waals surface area contributed by atoms with Gasteiger partial charge in [-0.2, -0.15) is 0 Å². The Morgan fingerprint density at radius 3 is 0.552 bits per heavy atom. The Hall–Kier alpha value is -1.95. The lowest BCUT2D eigenvalue weighted by molar-refractivity contribution is -0.146. The molecule has 15 heteroatoms. The quantitative estimate of drug-likeness (QED) is 0.0321. The number of ether oxygens (including phenoxy) is 12. The van der Waals surface area contributed by atoms with E-state index in [0.29, 0.717) is 138 Å². The molecule has 0 aromatic rings. The topological polar surface area (TPSA) is 162 Å². The van der Waals surface area contributed by atoms with Crippen molar-refractivity contribution in [1.29, 1.82) is 0 Å². The van der Waals surface area contributed by atoms with Gasteiger partial charge in [0, 0.05) is 24.7 Å². The van der Waals surface area contributed by atoms with Gasteiger partial charge in [-0.15, -0.1) is 0 Å². The molecule has 0 bridgehead atoms. The van der Waals surface area contributed by atoms with E-state index in [2.05, 4.69) is 27.7 Å². The van der Waals surface area contributed by atoms with E-state index in [1.165, 1.54) is 212 Å². The number of rotatable bonds is 76. The lowest BCUT2D eigenvalue weighted by atomic mass is 9.88. The van der Waals surface area contributed by atoms with Crippen LogP contribution in [0.1, 0.15) is 304 Å². The summed E-state index contributed by atoms with van der Waals surface area (Å²) in [7, 11) is 0. The monoisotopic (exact) mass is 1250 g/mol. The zero-order chi connectivity index (χ0) is 63.0. The first-order valence-corrected chi connectivity index (χ1v) is 36.6. The fraction of sp³-hybridized carbons (Fsp3) is 0.958. The fourth-order valence-corrected chi connectivity index (χ4v) is 10.3. The van der Waals surface area contributed by atoms with Gasteiger partial charge in [0.05, 0.1) is 119 Å². The molecule has 0 unspecified atom stereocenters. The predicted octanol–water partition coefficient (Wildman–Crippen LogP) is 17.6. The molecule has 0 fully saturated rings. The summed E-state index contributed by atoms with van der Waals surface area (Å²) in [6, 6.07) is 0. The van der Waals surface area contributed by atoms with E-state index in [-0.39, 0.29) is 37.7 Å². The van der Waals surface area contributed by atoms with E-state index in [1.807, 2.05) is 0 Å². The average Bonchev–Trinajstić information content (AvgIpc) is 3.71. The van der Waals surface area contributed by atoms with Crippen molar-refractivity contribution in [2.24, 2.45) is 5.41 Å². The van der Waals surface area contributed by atoms with Crippen LogP contribution in [0.25, 0.3) is 0 Å². The van der Waals surface area contributed by atoms with Crippen LogP contribution in [0.2, 0.25) is 0 Å². The summed E-state index contributed by atoms with van der Waals surface area (Å²) in [4.78, 5) is 36.5. The van der Waals surface area contributed by atoms with Crippen LogP contribution in [0.3, 0.4) is 0 Å². The van der Waals surface area contributed by atoms with E-state index in [4.69, 9.17) is 56.8 Å². The maximum atomic E-state index is 12.2. The van der Waals surface area contributed by atoms with Gasteiger partial charge in [0.15, 0.2) is 0 Å². The molecule has 0 aliphatic heterocycles. The molecule has 0 radical (unpaired) electrons. The van der Waals surface area contributed by atoms with Gasteiger partial charge in [-0.1, -0.05) is 259 Å². The van der Waals surface area contributed by atoms with Crippen LogP contribution >= 0.6 is 0 Å². The van der Waals surface area contributed by atoms with Gasteiger partial charge in [-0.25, -0.2) is 0 Å². The summed E-state index contributed by atoms with van der Waals surface area (Å²) in [6.45, 7) is 16.9. The second kappa shape index (κ2) is 73.1. The highest BCUT2D eigenvalue weighted by Gasteiger charge is 2.30. The normalized spacial score (nSPS) is 11.7. The van der Waals surface area contributed by atoms with Crippen LogP contribution in [0, 0.1) is 5.41 Å². The van der Waals surface area contributed by atoms with Crippen LogP contribution in [0.4, 0.5) is 0 Å². The van der Waals surface area contributed by atoms with E-state index in [1.54, 1.807) is 0 Å². The van der Waals surface area contributed by atoms with Crippen LogP contribution in [0.15, 0.2) is 0 Å². The van der Waals surface area contributed by atoms with Crippen molar-refractivity contribution in [3.8, 4) is 0 Å². The smallest absolute Gasteiger partial charge is 0.305 e. The molecule has 0 rings (SSSR count). The molecule has 0 N–H and O–H groups in total. The molecule has 0 saturated heterocycles. The molecule has 0 aromatic heterocycles. The molecule has 0 atom stereocenters. The third kappa shape index (κ3) is 68.3. The van der Waals surface area contributed by atoms with Crippen LogP contribution in [-0.2, 0) is 71.2 Å². The summed E-state index contributed by atoms with van der Waals surface area (Å²) in [5.74, 6) is -0.449. The van der Waals surface area contributed by atoms with Crippen LogP contribution in [0.5, 0.6) is 0 Å². The van der Waals surface area contributed by atoms with Crippen molar-refractivity contribution in [3.63, 3.8) is 0 Å². The third-order valence-corrected chi connectivity index (χ3v) is 16.1. The van der Waals surface area contributed by atoms with E-state index in [0.717, 1.165) is 44.9 Å². The number of esters is 3. The fourth-order valence-electron chi connectivity index (χ4n) is 10.3. The van der Waals surface area contributed by atoms with Crippen molar-refractivity contribution < 1.29 is 71.2 Å². The molecular formula is C72H140O15. The Bertz CT molecular complexity index is 1220. The summed E-state index contributed by atoms with van der Waals surface area (Å²) in [5, 5.41) is 0. The first kappa shape index (κ1) is 85.0. The second-order valence-electron chi connectivity index (χ2n) is 24.3. The Morgan fingerprint density at radius 1 is 0.207 bits per heavy atom. The minimum absolute atomic E-state index is 0.150. The zero-order valence-corrected chi connectivity index (χ0v) is 57.4. The van der Waals surface area contributed by atoms with Gasteiger partial charge in [-0.05, 0) is 25.7 Å². The van der Waals surface area contributed by atoms with Crippen LogP contribution < -0.4 is 0 Å². The molecule has 0 spiro atoms. The van der Waals surface area contributed by atoms with Crippen molar-refractivity contribution in [1.82, 2.24) is 0 Å². The van der Waals surface area contributed by atoms with Gasteiger partial charge in [0.2, 0.25) is 0 Å². The molecule has 15 nitrogen and oxygen atoms in total. The summed E-state index contributed by atoms with van der Waals surface area (Å²) >= 11 is 0. The van der Waals surface area contributed by atoms with Gasteiger partial charge in [0.1, 0.15) is 19.8 Å². The standard InChI is InChI=1S/C72H140O15/c1-5-9-12-15-18-21-24-27-30-33-36-39-42-45-69(73)85-63-60-79-51-48-76-54-57-82-66-72(8-4,67-83-58-55-77-49-52-80-61-64-86-70(74)46-43-40-37-34-31-28-25-22-19-16-13-10-6-2)68-84-59-56-78-50-53-81-62-65-87-71(75)47-44-41-38-35-32-29-26-23-20-17-14-11-7-3/h5-68H2,1-4H3. The van der Waals surface area contributed by atoms with E-state index >= 15 is 0 Å². The SMILES string of the molecule is CCCCCCCCCCCCCCCC(=O)OCCOCCOCCOCC(CC)(COCCOCCOCCOC(=O)CCCCCCCCCCCCCCC)COCCOCCOCCOC(=O)CCCCCCCCCCCCCCC. The molecule has 0 aromatic carbocycles. The van der Waals surface area contributed by atoms with Crippen molar-refractivity contribution in [3.05, 3.63) is 0 Å². The van der Waals surface area contributed by atoms with Crippen molar-refractivity contribution in [2.45, 2.75) is 304 Å². The Kier molecular flexibility index (Phi) is 71.5. The van der Waals surface area contributed by atoms with Gasteiger partial charge in [-0.3, -0.25) is 14.4 Å². The molecule has 0 aliphatic carbocycles. The number of hydrogen-bond acceptors (Lipinski definition) is 15. The highest BCUT2D eigenvalue weighted by molar-refractivity contribution is 5.69. The minimum Gasteiger partial charge on any atom is -0.463 e. The average molecular weight is 1250 g/mol. The second-order valence-corrected chi connectivity index (χ2v) is 24.3. The molecule has 0 aliphatic rings. The molecule has 0 heterocycles. The molecular weight excluding hydrogens is 1100 g/mol. The van der Waals surface area contributed by atoms with Crippen molar-refractivity contribution in [2.75, 3.05) is 139 Å². The number of hydrogen-bond donors (Lipinski definition) is 0. The number of carbonyl (C=O) groups excluding carboxylic acids is 3. The maximum absolute atomic E-state index is 12.2. The lowest BCUT2D eigenvalue weighted by Crippen LogP contribution is -2.38. The van der Waals surface area contributed by atoms with Gasteiger partial charge >= 0.3 is 17.9 Å². The maximum Gasteiger partial charge on any atom is 0.305 e. The molecule has 518 valence electrons. The minimum atomic E-state index is -0.395. The predicted molar refractivity (Wildman–Crippen MR) is 354 cm³/mol. The Balaban J connectivity index is 4.34. The highest BCUT2D eigenvalue weighted by Crippen LogP contribution is 2.24. The zero-order valence-electron chi connectivity index (χ0n) is 57.4. The largest absolute Gasteiger partial charge is 0.463 e. The highest BCUT2D eigenvalue weighted by atomic mass is 16.6. The van der Waals surface area contributed by atoms with Crippen molar-refractivity contribution >= 4 is 17.9 Å². The Morgan fingerprint density at radius 2 is 0.368 bits per heavy atom. The lowest BCUT2D eigenvalue weighted by Gasteiger charge is -2.32. The van der Waals surface area contributed by atoms with E-state index < -0.39 is 5.41 Å². The summed E-state index contributed by atoms with van der Waals surface area (Å²) in [6.07, 6.45) is 52.1. The van der Waals surface area contributed by atoms with Gasteiger partial charge < -0.3 is 56.8 Å². The summed E-state index contributed by atoms with van der Waals surface area (Å²) < 4.78 is 68.7. The molecule has 0 amide bonds.